The number of hydrogen-bond donors (Lipinski definition) is 1. The zero-order valence-electron chi connectivity index (χ0n) is 11.1. The molecule has 4 heteroatoms. The number of likely N-dealkylation sites (tertiary alicyclic amines) is 1. The highest BCUT2D eigenvalue weighted by Crippen LogP contribution is 2.32. The molecule has 0 spiro atoms. The Labute approximate surface area is 116 Å². The maximum Gasteiger partial charge on any atom is 0.264 e. The number of aryl methyl sites for hydroxylation is 1. The summed E-state index contributed by atoms with van der Waals surface area (Å²) in [6.07, 6.45) is 0.655. The predicted molar refractivity (Wildman–Crippen MR) is 77.7 cm³/mol. The highest BCUT2D eigenvalue weighted by atomic mass is 32.1. The van der Waals surface area contributed by atoms with Gasteiger partial charge in [0.15, 0.2) is 0 Å². The summed E-state index contributed by atoms with van der Waals surface area (Å²) in [7, 11) is 0. The molecular formula is C15H17NO2S. The first kappa shape index (κ1) is 12.6. The number of amides is 1. The van der Waals surface area contributed by atoms with E-state index in [1.165, 1.54) is 0 Å². The van der Waals surface area contributed by atoms with Crippen LogP contribution < -0.4 is 0 Å². The second kappa shape index (κ2) is 4.32. The Balaban J connectivity index is 1.96. The van der Waals surface area contributed by atoms with Crippen molar-refractivity contribution < 1.29 is 9.90 Å². The second-order valence-corrected chi connectivity index (χ2v) is 6.58. The average molecular weight is 275 g/mol. The summed E-state index contributed by atoms with van der Waals surface area (Å²) < 4.78 is 1.15. The van der Waals surface area contributed by atoms with Crippen LogP contribution in [0, 0.1) is 6.92 Å². The standard InChI is InChI=1S/C15H17NO2S/c1-10-11-5-3-4-6-12(11)19-13(10)14(17)16-8-7-15(2,18)9-16/h3-6,18H,7-9H2,1-2H3. The van der Waals surface area contributed by atoms with E-state index in [9.17, 15) is 9.90 Å². The molecule has 1 N–H and O–H groups in total. The summed E-state index contributed by atoms with van der Waals surface area (Å²) in [6.45, 7) is 4.86. The van der Waals surface area contributed by atoms with E-state index in [4.69, 9.17) is 0 Å². The van der Waals surface area contributed by atoms with Crippen molar-refractivity contribution in [2.75, 3.05) is 13.1 Å². The van der Waals surface area contributed by atoms with E-state index >= 15 is 0 Å². The minimum absolute atomic E-state index is 0.0523. The highest BCUT2D eigenvalue weighted by Gasteiger charge is 2.35. The summed E-state index contributed by atoms with van der Waals surface area (Å²) in [6, 6.07) is 8.09. The second-order valence-electron chi connectivity index (χ2n) is 5.53. The van der Waals surface area contributed by atoms with Gasteiger partial charge in [0.1, 0.15) is 0 Å². The molecule has 19 heavy (non-hydrogen) atoms. The first-order chi connectivity index (χ1) is 8.98. The van der Waals surface area contributed by atoms with Crippen molar-refractivity contribution in [1.82, 2.24) is 4.90 Å². The average Bonchev–Trinajstić information content (AvgIpc) is 2.90. The Kier molecular flexibility index (Phi) is 2.87. The topological polar surface area (TPSA) is 40.5 Å². The van der Waals surface area contributed by atoms with Crippen molar-refractivity contribution in [1.29, 1.82) is 0 Å². The summed E-state index contributed by atoms with van der Waals surface area (Å²) >= 11 is 1.55. The molecule has 0 radical (unpaired) electrons. The molecule has 1 atom stereocenters. The van der Waals surface area contributed by atoms with Gasteiger partial charge in [0.25, 0.3) is 5.91 Å². The first-order valence-electron chi connectivity index (χ1n) is 6.48. The lowest BCUT2D eigenvalue weighted by Gasteiger charge is -2.18. The zero-order chi connectivity index (χ0) is 13.6. The number of fused-ring (bicyclic) bond motifs is 1. The normalized spacial score (nSPS) is 23.2. The molecule has 1 saturated heterocycles. The van der Waals surface area contributed by atoms with E-state index in [0.29, 0.717) is 19.5 Å². The third-order valence-electron chi connectivity index (χ3n) is 3.78. The predicted octanol–water partition coefficient (Wildman–Crippen LogP) is 2.81. The fourth-order valence-corrected chi connectivity index (χ4v) is 3.82. The quantitative estimate of drug-likeness (QED) is 0.869. The van der Waals surface area contributed by atoms with Crippen LogP contribution in [-0.4, -0.2) is 34.6 Å². The van der Waals surface area contributed by atoms with Gasteiger partial charge in [-0.25, -0.2) is 0 Å². The van der Waals surface area contributed by atoms with Gasteiger partial charge in [-0.2, -0.15) is 0 Å². The van der Waals surface area contributed by atoms with Crippen molar-refractivity contribution in [3.05, 3.63) is 34.7 Å². The number of carbonyl (C=O) groups is 1. The van der Waals surface area contributed by atoms with E-state index in [1.54, 1.807) is 23.2 Å². The number of carbonyl (C=O) groups excluding carboxylic acids is 1. The van der Waals surface area contributed by atoms with E-state index in [-0.39, 0.29) is 5.91 Å². The smallest absolute Gasteiger partial charge is 0.264 e. The zero-order valence-corrected chi connectivity index (χ0v) is 12.0. The lowest BCUT2D eigenvalue weighted by molar-refractivity contribution is 0.0574. The van der Waals surface area contributed by atoms with Crippen molar-refractivity contribution in [2.24, 2.45) is 0 Å². The molecular weight excluding hydrogens is 258 g/mol. The SMILES string of the molecule is Cc1c(C(=O)N2CCC(C)(O)C2)sc2ccccc12. The molecule has 1 aromatic carbocycles. The van der Waals surface area contributed by atoms with Gasteiger partial charge in [-0.05, 0) is 37.3 Å². The fourth-order valence-electron chi connectivity index (χ4n) is 2.64. The van der Waals surface area contributed by atoms with Gasteiger partial charge in [0.05, 0.1) is 10.5 Å². The molecule has 1 aromatic heterocycles. The minimum Gasteiger partial charge on any atom is -0.388 e. The number of rotatable bonds is 1. The fraction of sp³-hybridized carbons (Fsp3) is 0.400. The van der Waals surface area contributed by atoms with Gasteiger partial charge in [0, 0.05) is 17.8 Å². The van der Waals surface area contributed by atoms with E-state index in [2.05, 4.69) is 6.07 Å². The molecule has 0 aliphatic carbocycles. The van der Waals surface area contributed by atoms with Crippen molar-refractivity contribution in [2.45, 2.75) is 25.9 Å². The van der Waals surface area contributed by atoms with E-state index in [0.717, 1.165) is 20.5 Å². The maximum absolute atomic E-state index is 12.6. The number of β-amino-alcohol motifs (C(OH)–C–C–N with tert-alkyl or cyclic N) is 1. The first-order valence-corrected chi connectivity index (χ1v) is 7.29. The molecule has 1 aliphatic heterocycles. The molecule has 1 amide bonds. The van der Waals surface area contributed by atoms with Crippen LogP contribution >= 0.6 is 11.3 Å². The summed E-state index contributed by atoms with van der Waals surface area (Å²) in [5.41, 5.74) is 0.317. The van der Waals surface area contributed by atoms with Crippen LogP contribution in [0.2, 0.25) is 0 Å². The Morgan fingerprint density at radius 2 is 2.16 bits per heavy atom. The minimum atomic E-state index is -0.736. The Bertz CT molecular complexity index is 645. The van der Waals surface area contributed by atoms with Gasteiger partial charge in [-0.15, -0.1) is 11.3 Å². The van der Waals surface area contributed by atoms with Crippen LogP contribution in [-0.2, 0) is 0 Å². The summed E-state index contributed by atoms with van der Waals surface area (Å²) in [4.78, 5) is 15.1. The van der Waals surface area contributed by atoms with Crippen LogP contribution in [0.5, 0.6) is 0 Å². The van der Waals surface area contributed by atoms with E-state index in [1.807, 2.05) is 25.1 Å². The number of aliphatic hydroxyl groups is 1. The highest BCUT2D eigenvalue weighted by molar-refractivity contribution is 7.21. The molecule has 1 unspecified atom stereocenters. The molecule has 100 valence electrons. The van der Waals surface area contributed by atoms with E-state index < -0.39 is 5.60 Å². The summed E-state index contributed by atoms with van der Waals surface area (Å²) in [5.74, 6) is 0.0523. The van der Waals surface area contributed by atoms with Crippen LogP contribution in [0.1, 0.15) is 28.6 Å². The molecule has 2 heterocycles. The molecule has 3 nitrogen and oxygen atoms in total. The molecule has 2 aromatic rings. The maximum atomic E-state index is 12.6. The summed E-state index contributed by atoms with van der Waals surface area (Å²) in [5, 5.41) is 11.1. The third kappa shape index (κ3) is 2.15. The Hall–Kier alpha value is -1.39. The van der Waals surface area contributed by atoms with Gasteiger partial charge in [-0.3, -0.25) is 4.79 Å². The van der Waals surface area contributed by atoms with Gasteiger partial charge >= 0.3 is 0 Å². The van der Waals surface area contributed by atoms with Crippen LogP contribution in [0.4, 0.5) is 0 Å². The van der Waals surface area contributed by atoms with Gasteiger partial charge < -0.3 is 10.0 Å². The van der Waals surface area contributed by atoms with Crippen molar-refractivity contribution in [3.63, 3.8) is 0 Å². The lowest BCUT2D eigenvalue weighted by atomic mass is 10.1. The molecule has 1 aliphatic rings. The third-order valence-corrected chi connectivity index (χ3v) is 5.04. The number of nitrogens with zero attached hydrogens (tertiary/aromatic N) is 1. The van der Waals surface area contributed by atoms with Gasteiger partial charge in [-0.1, -0.05) is 18.2 Å². The number of thiophene rings is 1. The monoisotopic (exact) mass is 275 g/mol. The van der Waals surface area contributed by atoms with Crippen molar-refractivity contribution in [3.8, 4) is 0 Å². The number of benzene rings is 1. The lowest BCUT2D eigenvalue weighted by Crippen LogP contribution is -2.33. The largest absolute Gasteiger partial charge is 0.388 e. The molecule has 1 fully saturated rings. The van der Waals surface area contributed by atoms with Crippen LogP contribution in [0.3, 0.4) is 0 Å². The molecule has 3 rings (SSSR count). The molecule has 0 saturated carbocycles. The van der Waals surface area contributed by atoms with Crippen LogP contribution in [0.25, 0.3) is 10.1 Å². The Morgan fingerprint density at radius 3 is 2.79 bits per heavy atom. The molecule has 0 bridgehead atoms. The van der Waals surface area contributed by atoms with Gasteiger partial charge in [0.2, 0.25) is 0 Å². The Morgan fingerprint density at radius 1 is 1.42 bits per heavy atom. The number of hydrogen-bond acceptors (Lipinski definition) is 3. The van der Waals surface area contributed by atoms with Crippen molar-refractivity contribution >= 4 is 27.3 Å². The van der Waals surface area contributed by atoms with Crippen LogP contribution in [0.15, 0.2) is 24.3 Å².